The molecule has 0 saturated heterocycles. The maximum atomic E-state index is 13.1. The number of nitrogens with zero attached hydrogens (tertiary/aromatic N) is 2. The van der Waals surface area contributed by atoms with Crippen LogP contribution in [-0.4, -0.2) is 36.5 Å². The van der Waals surface area contributed by atoms with Crippen molar-refractivity contribution in [1.82, 2.24) is 15.6 Å². The number of halogens is 2. The highest BCUT2D eigenvalue weighted by molar-refractivity contribution is 14.0. The molecule has 0 bridgehead atoms. The summed E-state index contributed by atoms with van der Waals surface area (Å²) in [7, 11) is 0. The molecule has 1 atom stereocenters. The third-order valence-electron chi connectivity index (χ3n) is 4.19. The molecular formula is C20H29FIN5OS. The van der Waals surface area contributed by atoms with Gasteiger partial charge in [-0.15, -0.1) is 35.3 Å². The zero-order valence-corrected chi connectivity index (χ0v) is 19.9. The lowest BCUT2D eigenvalue weighted by Crippen LogP contribution is -2.39. The minimum Gasteiger partial charge on any atom is -0.369 e. The van der Waals surface area contributed by atoms with Crippen molar-refractivity contribution in [3.63, 3.8) is 0 Å². The summed E-state index contributed by atoms with van der Waals surface area (Å²) < 4.78 is 13.1. The van der Waals surface area contributed by atoms with E-state index in [1.54, 1.807) is 23.5 Å². The maximum absolute atomic E-state index is 13.1. The van der Waals surface area contributed by atoms with Gasteiger partial charge in [-0.2, -0.15) is 0 Å². The van der Waals surface area contributed by atoms with Crippen LogP contribution in [0.15, 0.2) is 35.5 Å². The molecule has 1 unspecified atom stereocenters. The second-order valence-corrected chi connectivity index (χ2v) is 7.60. The number of hydrogen-bond acceptors (Lipinski definition) is 4. The van der Waals surface area contributed by atoms with E-state index in [0.717, 1.165) is 23.4 Å². The molecule has 1 heterocycles. The maximum Gasteiger partial charge on any atom is 0.222 e. The molecule has 2 rings (SSSR count). The van der Waals surface area contributed by atoms with Gasteiger partial charge in [0, 0.05) is 30.6 Å². The molecule has 1 aromatic heterocycles. The minimum atomic E-state index is -0.452. The summed E-state index contributed by atoms with van der Waals surface area (Å²) in [5, 5.41) is 7.53. The Morgan fingerprint density at radius 1 is 1.28 bits per heavy atom. The van der Waals surface area contributed by atoms with Crippen LogP contribution in [0.25, 0.3) is 0 Å². The van der Waals surface area contributed by atoms with Crippen molar-refractivity contribution >= 4 is 47.2 Å². The second kappa shape index (κ2) is 13.5. The Bertz CT molecular complexity index is 781. The van der Waals surface area contributed by atoms with E-state index in [1.165, 1.54) is 17.0 Å². The number of nitrogens with one attached hydrogen (secondary N) is 2. The van der Waals surface area contributed by atoms with Gasteiger partial charge in [-0.05, 0) is 37.5 Å². The van der Waals surface area contributed by atoms with Crippen LogP contribution in [0.4, 0.5) is 4.39 Å². The third kappa shape index (κ3) is 9.07. The van der Waals surface area contributed by atoms with E-state index in [-0.39, 0.29) is 36.3 Å². The zero-order chi connectivity index (χ0) is 20.4. The molecule has 0 aliphatic rings. The average Bonchev–Trinajstić information content (AvgIpc) is 3.14. The topological polar surface area (TPSA) is 92.4 Å². The average molecular weight is 533 g/mol. The Balaban J connectivity index is 0.00000420. The molecule has 4 N–H and O–H groups in total. The van der Waals surface area contributed by atoms with Gasteiger partial charge < -0.3 is 16.4 Å². The van der Waals surface area contributed by atoms with Crippen LogP contribution in [0.5, 0.6) is 0 Å². The number of aromatic nitrogens is 1. The van der Waals surface area contributed by atoms with E-state index in [4.69, 9.17) is 5.73 Å². The number of benzene rings is 1. The number of aryl methyl sites for hydroxylation is 1. The molecule has 0 saturated carbocycles. The van der Waals surface area contributed by atoms with Crippen molar-refractivity contribution in [1.29, 1.82) is 0 Å². The van der Waals surface area contributed by atoms with Crippen molar-refractivity contribution in [2.75, 3.05) is 19.6 Å². The predicted octanol–water partition coefficient (Wildman–Crippen LogP) is 2.90. The van der Waals surface area contributed by atoms with Crippen molar-refractivity contribution < 1.29 is 9.18 Å². The van der Waals surface area contributed by atoms with Crippen LogP contribution in [-0.2, 0) is 24.1 Å². The number of aliphatic imine (C=N–C) groups is 1. The molecule has 0 spiro atoms. The number of carbonyl (C=O) groups excluding carboxylic acids is 1. The van der Waals surface area contributed by atoms with Crippen molar-refractivity contribution in [2.24, 2.45) is 16.6 Å². The summed E-state index contributed by atoms with van der Waals surface area (Å²) in [6.07, 6.45) is 4.16. The molecule has 29 heavy (non-hydrogen) atoms. The smallest absolute Gasteiger partial charge is 0.222 e. The Kier molecular flexibility index (Phi) is 11.7. The summed E-state index contributed by atoms with van der Waals surface area (Å²) in [6, 6.07) is 6.09. The zero-order valence-electron chi connectivity index (χ0n) is 16.8. The SMILES string of the molecule is CCNC(=NCC(Cc1ccc(F)cc1)C(N)=O)NCCc1ncc(CC)s1.I. The van der Waals surface area contributed by atoms with Crippen LogP contribution < -0.4 is 16.4 Å². The lowest BCUT2D eigenvalue weighted by Gasteiger charge is -2.14. The van der Waals surface area contributed by atoms with Crippen molar-refractivity contribution in [2.45, 2.75) is 33.1 Å². The highest BCUT2D eigenvalue weighted by Gasteiger charge is 2.16. The van der Waals surface area contributed by atoms with Crippen molar-refractivity contribution in [3.05, 3.63) is 51.7 Å². The molecule has 9 heteroatoms. The lowest BCUT2D eigenvalue weighted by molar-refractivity contribution is -0.121. The predicted molar refractivity (Wildman–Crippen MR) is 127 cm³/mol. The fraction of sp³-hybridized carbons (Fsp3) is 0.450. The van der Waals surface area contributed by atoms with Gasteiger partial charge in [0.2, 0.25) is 5.91 Å². The second-order valence-electron chi connectivity index (χ2n) is 6.40. The molecule has 1 amide bonds. The molecule has 1 aromatic carbocycles. The fourth-order valence-corrected chi connectivity index (χ4v) is 3.48. The molecule has 0 fully saturated rings. The van der Waals surface area contributed by atoms with E-state index in [0.29, 0.717) is 25.5 Å². The first-order valence-electron chi connectivity index (χ1n) is 9.51. The minimum absolute atomic E-state index is 0. The van der Waals surface area contributed by atoms with E-state index >= 15 is 0 Å². The van der Waals surface area contributed by atoms with Crippen LogP contribution in [0.1, 0.15) is 29.3 Å². The standard InChI is InChI=1S/C20H28FN5OS.HI/c1-3-17-13-25-18(28-17)9-10-24-20(23-4-2)26-12-15(19(22)27)11-14-5-7-16(21)8-6-14;/h5-8,13,15H,3-4,9-12H2,1-2H3,(H2,22,27)(H2,23,24,26);1H. The largest absolute Gasteiger partial charge is 0.369 e. The quantitative estimate of drug-likeness (QED) is 0.249. The summed E-state index contributed by atoms with van der Waals surface area (Å²) in [6.45, 7) is 5.77. The van der Waals surface area contributed by atoms with Gasteiger partial charge in [-0.1, -0.05) is 19.1 Å². The number of rotatable bonds is 10. The first-order chi connectivity index (χ1) is 13.5. The molecular weight excluding hydrogens is 504 g/mol. The van der Waals surface area contributed by atoms with Gasteiger partial charge in [-0.3, -0.25) is 9.79 Å². The van der Waals surface area contributed by atoms with Gasteiger partial charge in [0.05, 0.1) is 17.5 Å². The number of hydrogen-bond donors (Lipinski definition) is 3. The molecule has 160 valence electrons. The van der Waals surface area contributed by atoms with E-state index in [2.05, 4.69) is 27.5 Å². The molecule has 0 aliphatic heterocycles. The van der Waals surface area contributed by atoms with E-state index in [9.17, 15) is 9.18 Å². The van der Waals surface area contributed by atoms with Crippen molar-refractivity contribution in [3.8, 4) is 0 Å². The Labute approximate surface area is 192 Å². The first-order valence-corrected chi connectivity index (χ1v) is 10.3. The Morgan fingerprint density at radius 2 is 2.00 bits per heavy atom. The first kappa shape index (κ1) is 25.3. The van der Waals surface area contributed by atoms with Gasteiger partial charge in [0.1, 0.15) is 5.82 Å². The number of primary amides is 1. The van der Waals surface area contributed by atoms with Crippen LogP contribution in [0, 0.1) is 11.7 Å². The number of carbonyl (C=O) groups is 1. The molecule has 2 aromatic rings. The highest BCUT2D eigenvalue weighted by atomic mass is 127. The number of nitrogens with two attached hydrogens (primary N) is 1. The lowest BCUT2D eigenvalue weighted by atomic mass is 9.99. The monoisotopic (exact) mass is 533 g/mol. The van der Waals surface area contributed by atoms with E-state index < -0.39 is 11.8 Å². The van der Waals surface area contributed by atoms with Gasteiger partial charge in [0.15, 0.2) is 5.96 Å². The Hall–Kier alpha value is -1.75. The van der Waals surface area contributed by atoms with E-state index in [1.807, 2.05) is 13.1 Å². The van der Waals surface area contributed by atoms with Gasteiger partial charge in [0.25, 0.3) is 0 Å². The number of amides is 1. The fourth-order valence-electron chi connectivity index (χ4n) is 2.62. The summed E-state index contributed by atoms with van der Waals surface area (Å²) in [5.41, 5.74) is 6.39. The van der Waals surface area contributed by atoms with Crippen LogP contribution in [0.2, 0.25) is 0 Å². The summed E-state index contributed by atoms with van der Waals surface area (Å²) in [5.74, 6) is -0.534. The van der Waals surface area contributed by atoms with Crippen LogP contribution >= 0.6 is 35.3 Å². The van der Waals surface area contributed by atoms with Gasteiger partial charge >= 0.3 is 0 Å². The highest BCUT2D eigenvalue weighted by Crippen LogP contribution is 2.13. The summed E-state index contributed by atoms with van der Waals surface area (Å²) in [4.78, 5) is 22.0. The van der Waals surface area contributed by atoms with Gasteiger partial charge in [-0.25, -0.2) is 9.37 Å². The molecule has 6 nitrogen and oxygen atoms in total. The number of thiazole rings is 1. The normalized spacial score (nSPS) is 12.2. The molecule has 0 radical (unpaired) electrons. The Morgan fingerprint density at radius 3 is 2.59 bits per heavy atom. The van der Waals surface area contributed by atoms with Crippen LogP contribution in [0.3, 0.4) is 0 Å². The molecule has 0 aliphatic carbocycles. The number of guanidine groups is 1. The summed E-state index contributed by atoms with van der Waals surface area (Å²) >= 11 is 1.72. The third-order valence-corrected chi connectivity index (χ3v) is 5.39.